The molecule has 2 saturated heterocycles. The second-order valence-corrected chi connectivity index (χ2v) is 5.34. The van der Waals surface area contributed by atoms with Crippen LogP contribution < -0.4 is 0 Å². The zero-order valence-corrected chi connectivity index (χ0v) is 12.0. The summed E-state index contributed by atoms with van der Waals surface area (Å²) in [5.41, 5.74) is -0.730. The summed E-state index contributed by atoms with van der Waals surface area (Å²) in [4.78, 5) is 29.7. The largest absolute Gasteiger partial charge is 0.375 e. The summed E-state index contributed by atoms with van der Waals surface area (Å²) in [7, 11) is 3.25. The summed E-state index contributed by atoms with van der Waals surface area (Å²) >= 11 is 0. The average Bonchev–Trinajstić information content (AvgIpc) is 2.87. The third kappa shape index (κ3) is 2.37. The van der Waals surface area contributed by atoms with Crippen LogP contribution in [0, 0.1) is 11.3 Å². The quantitative estimate of drug-likeness (QED) is 0.613. The predicted octanol–water partition coefficient (Wildman–Crippen LogP) is -1.10. The number of carbonyl (C=O) groups excluding carboxylic acids is 2. The topological polar surface area (TPSA) is 76.9 Å². The molecule has 1 atom stereocenters. The first-order chi connectivity index (χ1) is 9.55. The highest BCUT2D eigenvalue weighted by Gasteiger charge is 2.53. The van der Waals surface area contributed by atoms with Gasteiger partial charge in [-0.2, -0.15) is 5.26 Å². The van der Waals surface area contributed by atoms with Gasteiger partial charge in [0.05, 0.1) is 12.6 Å². The summed E-state index contributed by atoms with van der Waals surface area (Å²) in [6.07, 6.45) is 0.577. The summed E-state index contributed by atoms with van der Waals surface area (Å²) < 4.78 is 4.86. The molecule has 2 aliphatic rings. The smallest absolute Gasteiger partial charge is 0.248 e. The van der Waals surface area contributed by atoms with Gasteiger partial charge in [0.2, 0.25) is 11.8 Å². The predicted molar refractivity (Wildman–Crippen MR) is 70.6 cm³/mol. The first-order valence-corrected chi connectivity index (χ1v) is 6.69. The lowest BCUT2D eigenvalue weighted by Crippen LogP contribution is -2.66. The minimum Gasteiger partial charge on any atom is -0.375 e. The molecule has 2 rings (SSSR count). The molecule has 0 saturated carbocycles. The molecule has 110 valence electrons. The van der Waals surface area contributed by atoms with E-state index in [0.29, 0.717) is 32.6 Å². The van der Waals surface area contributed by atoms with Gasteiger partial charge in [-0.3, -0.25) is 14.5 Å². The molecule has 0 aromatic rings. The maximum atomic E-state index is 12.6. The van der Waals surface area contributed by atoms with Crippen LogP contribution in [0.3, 0.4) is 0 Å². The zero-order valence-electron chi connectivity index (χ0n) is 12.0. The Bertz CT molecular complexity index is 447. The van der Waals surface area contributed by atoms with E-state index in [0.717, 1.165) is 0 Å². The average molecular weight is 280 g/mol. The number of methoxy groups -OCH3 is 1. The van der Waals surface area contributed by atoms with Gasteiger partial charge in [0.15, 0.2) is 0 Å². The molecular weight excluding hydrogens is 260 g/mol. The number of ether oxygens (including phenoxy) is 1. The van der Waals surface area contributed by atoms with Crippen LogP contribution in [0.25, 0.3) is 0 Å². The maximum Gasteiger partial charge on any atom is 0.248 e. The van der Waals surface area contributed by atoms with Crippen molar-refractivity contribution in [2.45, 2.75) is 12.0 Å². The van der Waals surface area contributed by atoms with Gasteiger partial charge >= 0.3 is 0 Å². The van der Waals surface area contributed by atoms with Crippen LogP contribution in [0.2, 0.25) is 0 Å². The first-order valence-electron chi connectivity index (χ1n) is 6.69. The first kappa shape index (κ1) is 14.8. The van der Waals surface area contributed by atoms with Crippen LogP contribution >= 0.6 is 0 Å². The Hall–Kier alpha value is -1.65. The normalized spacial score (nSPS) is 27.1. The van der Waals surface area contributed by atoms with Crippen LogP contribution in [0.15, 0.2) is 0 Å². The van der Waals surface area contributed by atoms with Crippen molar-refractivity contribution in [2.24, 2.45) is 0 Å². The second-order valence-electron chi connectivity index (χ2n) is 5.34. The van der Waals surface area contributed by atoms with E-state index < -0.39 is 5.54 Å². The van der Waals surface area contributed by atoms with Crippen molar-refractivity contribution < 1.29 is 14.3 Å². The molecule has 0 bridgehead atoms. The van der Waals surface area contributed by atoms with Gasteiger partial charge in [-0.25, -0.2) is 0 Å². The Morgan fingerprint density at radius 2 is 2.20 bits per heavy atom. The minimum absolute atomic E-state index is 0.00622. The molecular formula is C13H20N4O3. The number of nitriles is 1. The SMILES string of the molecule is COCC(=O)N1CCC2(C1)C(=O)N(C)CCN2CC#N. The van der Waals surface area contributed by atoms with Gasteiger partial charge in [0.1, 0.15) is 12.1 Å². The highest BCUT2D eigenvalue weighted by molar-refractivity contribution is 5.89. The van der Waals surface area contributed by atoms with Crippen molar-refractivity contribution in [1.29, 1.82) is 5.26 Å². The van der Waals surface area contributed by atoms with E-state index in [1.165, 1.54) is 7.11 Å². The van der Waals surface area contributed by atoms with Crippen molar-refractivity contribution >= 4 is 11.8 Å². The Morgan fingerprint density at radius 3 is 2.85 bits per heavy atom. The summed E-state index contributed by atoms with van der Waals surface area (Å²) in [5, 5.41) is 8.96. The van der Waals surface area contributed by atoms with E-state index in [4.69, 9.17) is 10.00 Å². The van der Waals surface area contributed by atoms with Crippen molar-refractivity contribution in [2.75, 3.05) is 53.5 Å². The van der Waals surface area contributed by atoms with Crippen LogP contribution in [0.5, 0.6) is 0 Å². The van der Waals surface area contributed by atoms with Crippen molar-refractivity contribution in [3.05, 3.63) is 0 Å². The Morgan fingerprint density at radius 1 is 1.45 bits per heavy atom. The number of carbonyl (C=O) groups is 2. The second kappa shape index (κ2) is 5.77. The minimum atomic E-state index is -0.730. The van der Waals surface area contributed by atoms with Gasteiger partial charge in [-0.05, 0) is 6.42 Å². The van der Waals surface area contributed by atoms with Gasteiger partial charge < -0.3 is 14.5 Å². The van der Waals surface area contributed by atoms with Gasteiger partial charge in [0.25, 0.3) is 0 Å². The van der Waals surface area contributed by atoms with Gasteiger partial charge in [-0.15, -0.1) is 0 Å². The molecule has 2 heterocycles. The van der Waals surface area contributed by atoms with E-state index in [-0.39, 0.29) is 25.0 Å². The van der Waals surface area contributed by atoms with E-state index in [2.05, 4.69) is 6.07 Å². The highest BCUT2D eigenvalue weighted by atomic mass is 16.5. The number of piperazine rings is 1. The fraction of sp³-hybridized carbons (Fsp3) is 0.769. The van der Waals surface area contributed by atoms with Crippen molar-refractivity contribution in [3.8, 4) is 6.07 Å². The van der Waals surface area contributed by atoms with E-state index in [1.54, 1.807) is 16.8 Å². The number of likely N-dealkylation sites (N-methyl/N-ethyl adjacent to an activating group) is 1. The molecule has 2 aliphatic heterocycles. The number of hydrogen-bond acceptors (Lipinski definition) is 5. The number of likely N-dealkylation sites (tertiary alicyclic amines) is 1. The summed E-state index contributed by atoms with van der Waals surface area (Å²) in [6.45, 7) is 2.41. The lowest BCUT2D eigenvalue weighted by Gasteiger charge is -2.45. The summed E-state index contributed by atoms with van der Waals surface area (Å²) in [5.74, 6) is -0.103. The third-order valence-corrected chi connectivity index (χ3v) is 4.19. The molecule has 0 radical (unpaired) electrons. The van der Waals surface area contributed by atoms with E-state index in [9.17, 15) is 9.59 Å². The molecule has 0 aromatic carbocycles. The Labute approximate surface area is 118 Å². The van der Waals surface area contributed by atoms with Crippen LogP contribution in [-0.4, -0.2) is 85.5 Å². The van der Waals surface area contributed by atoms with Crippen LogP contribution in [-0.2, 0) is 14.3 Å². The Kier molecular flexibility index (Phi) is 4.26. The molecule has 2 fully saturated rings. The maximum absolute atomic E-state index is 12.6. The molecule has 0 N–H and O–H groups in total. The number of rotatable bonds is 3. The van der Waals surface area contributed by atoms with Crippen molar-refractivity contribution in [3.63, 3.8) is 0 Å². The standard InChI is InChI=1S/C13H20N4O3/c1-15-7-8-17(6-4-14)13(12(15)19)3-5-16(10-13)11(18)9-20-2/h3,5-10H2,1-2H3. The highest BCUT2D eigenvalue weighted by Crippen LogP contribution is 2.32. The third-order valence-electron chi connectivity index (χ3n) is 4.19. The molecule has 7 nitrogen and oxygen atoms in total. The monoisotopic (exact) mass is 280 g/mol. The molecule has 20 heavy (non-hydrogen) atoms. The fourth-order valence-electron chi connectivity index (χ4n) is 3.05. The van der Waals surface area contributed by atoms with Crippen LogP contribution in [0.4, 0.5) is 0 Å². The number of amides is 2. The van der Waals surface area contributed by atoms with Crippen molar-refractivity contribution in [1.82, 2.24) is 14.7 Å². The number of nitrogens with zero attached hydrogens (tertiary/aromatic N) is 4. The van der Waals surface area contributed by atoms with Crippen LogP contribution in [0.1, 0.15) is 6.42 Å². The molecule has 0 aliphatic carbocycles. The lowest BCUT2D eigenvalue weighted by molar-refractivity contribution is -0.149. The molecule has 0 aromatic heterocycles. The van der Waals surface area contributed by atoms with Gasteiger partial charge in [-0.1, -0.05) is 0 Å². The summed E-state index contributed by atoms with van der Waals surface area (Å²) in [6, 6.07) is 2.12. The lowest BCUT2D eigenvalue weighted by atomic mass is 9.91. The number of hydrogen-bond donors (Lipinski definition) is 0. The van der Waals surface area contributed by atoms with E-state index >= 15 is 0 Å². The van der Waals surface area contributed by atoms with E-state index in [1.807, 2.05) is 4.90 Å². The Balaban J connectivity index is 2.19. The molecule has 1 unspecified atom stereocenters. The molecule has 1 spiro atoms. The molecule has 7 heteroatoms. The fourth-order valence-corrected chi connectivity index (χ4v) is 3.05. The zero-order chi connectivity index (χ0) is 14.8. The molecule has 2 amide bonds. The van der Waals surface area contributed by atoms with Gasteiger partial charge in [0, 0.05) is 40.3 Å².